The molecule has 8 heteroatoms. The SMILES string of the molecule is CS(=O)(=O)NCC1CCCCN1C(=O)c1ccc(NC(=O)C2CC2)cc1. The van der Waals surface area contributed by atoms with Crippen LogP contribution in [-0.2, 0) is 14.8 Å². The molecule has 3 rings (SSSR count). The van der Waals surface area contributed by atoms with E-state index in [0.717, 1.165) is 38.4 Å². The summed E-state index contributed by atoms with van der Waals surface area (Å²) in [4.78, 5) is 26.4. The lowest BCUT2D eigenvalue weighted by atomic mass is 10.0. The Balaban J connectivity index is 1.64. The van der Waals surface area contributed by atoms with E-state index in [-0.39, 0.29) is 30.3 Å². The zero-order chi connectivity index (χ0) is 18.7. The van der Waals surface area contributed by atoms with E-state index >= 15 is 0 Å². The molecule has 1 aliphatic carbocycles. The van der Waals surface area contributed by atoms with E-state index in [1.807, 2.05) is 0 Å². The molecule has 1 saturated carbocycles. The summed E-state index contributed by atoms with van der Waals surface area (Å²) in [5.74, 6) is 0.0600. The maximum atomic E-state index is 12.8. The molecule has 0 radical (unpaired) electrons. The van der Waals surface area contributed by atoms with Gasteiger partial charge in [-0.25, -0.2) is 13.1 Å². The smallest absolute Gasteiger partial charge is 0.254 e. The van der Waals surface area contributed by atoms with E-state index in [9.17, 15) is 18.0 Å². The van der Waals surface area contributed by atoms with E-state index in [1.165, 1.54) is 0 Å². The number of nitrogens with one attached hydrogen (secondary N) is 2. The van der Waals surface area contributed by atoms with Gasteiger partial charge in [0.15, 0.2) is 0 Å². The molecule has 2 aliphatic rings. The number of hydrogen-bond acceptors (Lipinski definition) is 4. The summed E-state index contributed by atoms with van der Waals surface area (Å²) in [6, 6.07) is 6.75. The van der Waals surface area contributed by atoms with E-state index < -0.39 is 10.0 Å². The van der Waals surface area contributed by atoms with E-state index in [1.54, 1.807) is 29.2 Å². The third-order valence-corrected chi connectivity index (χ3v) is 5.51. The molecule has 1 saturated heterocycles. The highest BCUT2D eigenvalue weighted by molar-refractivity contribution is 7.88. The van der Waals surface area contributed by atoms with Gasteiger partial charge in [0.2, 0.25) is 15.9 Å². The molecule has 1 heterocycles. The maximum absolute atomic E-state index is 12.8. The number of rotatable bonds is 6. The topological polar surface area (TPSA) is 95.6 Å². The van der Waals surface area contributed by atoms with Crippen molar-refractivity contribution in [1.29, 1.82) is 0 Å². The van der Waals surface area contributed by atoms with Crippen molar-refractivity contribution in [2.24, 2.45) is 5.92 Å². The van der Waals surface area contributed by atoms with Crippen molar-refractivity contribution in [2.75, 3.05) is 24.7 Å². The first-order valence-electron chi connectivity index (χ1n) is 9.00. The van der Waals surface area contributed by atoms with Gasteiger partial charge >= 0.3 is 0 Å². The zero-order valence-electron chi connectivity index (χ0n) is 14.9. The fourth-order valence-corrected chi connectivity index (χ4v) is 3.67. The minimum Gasteiger partial charge on any atom is -0.334 e. The van der Waals surface area contributed by atoms with Crippen molar-refractivity contribution in [1.82, 2.24) is 9.62 Å². The molecular weight excluding hydrogens is 354 g/mol. The van der Waals surface area contributed by atoms with Crippen molar-refractivity contribution >= 4 is 27.5 Å². The number of anilines is 1. The predicted molar refractivity (Wildman–Crippen MR) is 99.3 cm³/mol. The lowest BCUT2D eigenvalue weighted by Gasteiger charge is -2.35. The van der Waals surface area contributed by atoms with Crippen LogP contribution >= 0.6 is 0 Å². The first-order valence-corrected chi connectivity index (χ1v) is 10.9. The molecule has 1 unspecified atom stereocenters. The van der Waals surface area contributed by atoms with Gasteiger partial charge in [0, 0.05) is 36.3 Å². The van der Waals surface area contributed by atoms with Crippen molar-refractivity contribution in [2.45, 2.75) is 38.1 Å². The summed E-state index contributed by atoms with van der Waals surface area (Å²) < 4.78 is 25.2. The van der Waals surface area contributed by atoms with Crippen molar-refractivity contribution < 1.29 is 18.0 Å². The molecule has 2 amide bonds. The Labute approximate surface area is 154 Å². The monoisotopic (exact) mass is 379 g/mol. The fourth-order valence-electron chi connectivity index (χ4n) is 3.18. The van der Waals surface area contributed by atoms with Gasteiger partial charge in [-0.15, -0.1) is 0 Å². The quantitative estimate of drug-likeness (QED) is 0.784. The van der Waals surface area contributed by atoms with Gasteiger partial charge in [0.1, 0.15) is 0 Å². The van der Waals surface area contributed by atoms with E-state index in [4.69, 9.17) is 0 Å². The van der Waals surface area contributed by atoms with Crippen LogP contribution in [0.5, 0.6) is 0 Å². The molecule has 0 bridgehead atoms. The minimum atomic E-state index is -3.28. The maximum Gasteiger partial charge on any atom is 0.254 e. The van der Waals surface area contributed by atoms with Crippen LogP contribution in [0.2, 0.25) is 0 Å². The van der Waals surface area contributed by atoms with Gasteiger partial charge < -0.3 is 10.2 Å². The Bertz CT molecular complexity index is 772. The number of piperidine rings is 1. The lowest BCUT2D eigenvalue weighted by Crippen LogP contribution is -2.49. The fraction of sp³-hybridized carbons (Fsp3) is 0.556. The minimum absolute atomic E-state index is 0.0343. The normalized spacial score (nSPS) is 20.7. The second kappa shape index (κ2) is 7.75. The molecule has 0 spiro atoms. The van der Waals surface area contributed by atoms with Gasteiger partial charge in [-0.3, -0.25) is 9.59 Å². The number of carbonyl (C=O) groups is 2. The molecule has 1 aromatic carbocycles. The number of sulfonamides is 1. The Hall–Kier alpha value is -1.93. The van der Waals surface area contributed by atoms with Crippen LogP contribution in [0.4, 0.5) is 5.69 Å². The van der Waals surface area contributed by atoms with Crippen molar-refractivity contribution in [3.8, 4) is 0 Å². The second-order valence-corrected chi connectivity index (χ2v) is 8.94. The van der Waals surface area contributed by atoms with E-state index in [2.05, 4.69) is 10.0 Å². The second-order valence-electron chi connectivity index (χ2n) is 7.11. The highest BCUT2D eigenvalue weighted by Crippen LogP contribution is 2.30. The van der Waals surface area contributed by atoms with Gasteiger partial charge in [0.25, 0.3) is 5.91 Å². The summed E-state index contributed by atoms with van der Waals surface area (Å²) in [5.41, 5.74) is 1.23. The number of nitrogens with zero attached hydrogens (tertiary/aromatic N) is 1. The summed E-state index contributed by atoms with van der Waals surface area (Å²) in [7, 11) is -3.28. The number of carbonyl (C=O) groups excluding carboxylic acids is 2. The number of likely N-dealkylation sites (tertiary alicyclic amines) is 1. The van der Waals surface area contributed by atoms with Crippen molar-refractivity contribution in [3.63, 3.8) is 0 Å². The van der Waals surface area contributed by atoms with Crippen LogP contribution < -0.4 is 10.0 Å². The average molecular weight is 379 g/mol. The van der Waals surface area contributed by atoms with Gasteiger partial charge in [-0.1, -0.05) is 0 Å². The summed E-state index contributed by atoms with van der Waals surface area (Å²) in [6.45, 7) is 0.856. The molecule has 2 fully saturated rings. The van der Waals surface area contributed by atoms with E-state index in [0.29, 0.717) is 17.8 Å². The highest BCUT2D eigenvalue weighted by atomic mass is 32.2. The molecule has 2 N–H and O–H groups in total. The lowest BCUT2D eigenvalue weighted by molar-refractivity contribution is -0.117. The first-order chi connectivity index (χ1) is 12.3. The summed E-state index contributed by atoms with van der Waals surface area (Å²) in [6.07, 6.45) is 5.68. The molecule has 7 nitrogen and oxygen atoms in total. The number of amides is 2. The molecule has 142 valence electrons. The number of benzene rings is 1. The Kier molecular flexibility index (Phi) is 5.62. The molecule has 0 aromatic heterocycles. The zero-order valence-corrected chi connectivity index (χ0v) is 15.7. The van der Waals surface area contributed by atoms with Gasteiger partial charge in [-0.2, -0.15) is 0 Å². The van der Waals surface area contributed by atoms with Crippen LogP contribution in [0.1, 0.15) is 42.5 Å². The largest absolute Gasteiger partial charge is 0.334 e. The summed E-state index contributed by atoms with van der Waals surface area (Å²) >= 11 is 0. The summed E-state index contributed by atoms with van der Waals surface area (Å²) in [5, 5.41) is 2.85. The Morgan fingerprint density at radius 1 is 1.12 bits per heavy atom. The Morgan fingerprint density at radius 2 is 1.81 bits per heavy atom. The highest BCUT2D eigenvalue weighted by Gasteiger charge is 2.30. The van der Waals surface area contributed by atoms with Crippen LogP contribution in [0.15, 0.2) is 24.3 Å². The molecule has 1 aromatic rings. The third kappa shape index (κ3) is 5.04. The van der Waals surface area contributed by atoms with Gasteiger partial charge in [-0.05, 0) is 56.4 Å². The van der Waals surface area contributed by atoms with Crippen LogP contribution in [0.3, 0.4) is 0 Å². The first kappa shape index (κ1) is 18.8. The van der Waals surface area contributed by atoms with Crippen LogP contribution in [0, 0.1) is 5.92 Å². The molecule has 26 heavy (non-hydrogen) atoms. The molecule has 1 atom stereocenters. The average Bonchev–Trinajstić information content (AvgIpc) is 3.45. The standard InChI is InChI=1S/C18H25N3O4S/c1-26(24,25)19-12-16-4-2-3-11-21(16)18(23)14-7-9-15(10-8-14)20-17(22)13-5-6-13/h7-10,13,16,19H,2-6,11-12H2,1H3,(H,20,22). The third-order valence-electron chi connectivity index (χ3n) is 4.82. The molecule has 1 aliphatic heterocycles. The van der Waals surface area contributed by atoms with Crippen LogP contribution in [0.25, 0.3) is 0 Å². The van der Waals surface area contributed by atoms with Gasteiger partial charge in [0.05, 0.1) is 6.26 Å². The molecular formula is C18H25N3O4S. The van der Waals surface area contributed by atoms with Crippen molar-refractivity contribution in [3.05, 3.63) is 29.8 Å². The Morgan fingerprint density at radius 3 is 2.42 bits per heavy atom. The predicted octanol–water partition coefficient (Wildman–Crippen LogP) is 1.58. The number of hydrogen-bond donors (Lipinski definition) is 2. The van der Waals surface area contributed by atoms with Crippen LogP contribution in [-0.4, -0.2) is 50.5 Å².